The SMILES string of the molecule is C=C(CC)c1cccc(OCCOC)c1. The lowest BCUT2D eigenvalue weighted by molar-refractivity contribution is 0.146. The van der Waals surface area contributed by atoms with Gasteiger partial charge in [-0.3, -0.25) is 0 Å². The van der Waals surface area contributed by atoms with Crippen LogP contribution in [0.4, 0.5) is 0 Å². The first-order valence-corrected chi connectivity index (χ1v) is 5.18. The van der Waals surface area contributed by atoms with Crippen LogP contribution < -0.4 is 4.74 Å². The topological polar surface area (TPSA) is 18.5 Å². The molecule has 82 valence electrons. The van der Waals surface area contributed by atoms with Crippen LogP contribution in [0.3, 0.4) is 0 Å². The Morgan fingerprint density at radius 3 is 2.80 bits per heavy atom. The average Bonchev–Trinajstić information content (AvgIpc) is 2.29. The molecule has 1 rings (SSSR count). The number of ether oxygens (including phenoxy) is 2. The monoisotopic (exact) mass is 206 g/mol. The maximum atomic E-state index is 5.52. The Morgan fingerprint density at radius 2 is 2.13 bits per heavy atom. The van der Waals surface area contributed by atoms with Gasteiger partial charge in [-0.25, -0.2) is 0 Å². The van der Waals surface area contributed by atoms with Gasteiger partial charge in [0.1, 0.15) is 12.4 Å². The van der Waals surface area contributed by atoms with Crippen molar-refractivity contribution in [3.63, 3.8) is 0 Å². The van der Waals surface area contributed by atoms with Gasteiger partial charge in [0.2, 0.25) is 0 Å². The van der Waals surface area contributed by atoms with Crippen molar-refractivity contribution in [2.45, 2.75) is 13.3 Å². The molecule has 0 aliphatic carbocycles. The van der Waals surface area contributed by atoms with Crippen LogP contribution in [0.2, 0.25) is 0 Å². The van der Waals surface area contributed by atoms with E-state index in [0.29, 0.717) is 13.2 Å². The van der Waals surface area contributed by atoms with Crippen molar-refractivity contribution < 1.29 is 9.47 Å². The molecule has 2 nitrogen and oxygen atoms in total. The third-order valence-electron chi connectivity index (χ3n) is 2.23. The van der Waals surface area contributed by atoms with E-state index in [1.165, 1.54) is 0 Å². The van der Waals surface area contributed by atoms with E-state index < -0.39 is 0 Å². The summed E-state index contributed by atoms with van der Waals surface area (Å²) in [6.07, 6.45) is 0.960. The average molecular weight is 206 g/mol. The molecule has 0 amide bonds. The van der Waals surface area contributed by atoms with E-state index in [2.05, 4.69) is 19.6 Å². The van der Waals surface area contributed by atoms with Crippen molar-refractivity contribution in [1.82, 2.24) is 0 Å². The van der Waals surface area contributed by atoms with Crippen LogP contribution >= 0.6 is 0 Å². The second-order valence-electron chi connectivity index (χ2n) is 3.33. The van der Waals surface area contributed by atoms with Gasteiger partial charge in [0.25, 0.3) is 0 Å². The minimum atomic E-state index is 0.582. The van der Waals surface area contributed by atoms with Crippen LogP contribution in [0.1, 0.15) is 18.9 Å². The molecule has 1 aromatic carbocycles. The van der Waals surface area contributed by atoms with Gasteiger partial charge in [0, 0.05) is 7.11 Å². The van der Waals surface area contributed by atoms with Gasteiger partial charge in [-0.1, -0.05) is 25.6 Å². The van der Waals surface area contributed by atoms with E-state index in [-0.39, 0.29) is 0 Å². The number of rotatable bonds is 6. The van der Waals surface area contributed by atoms with E-state index in [1.54, 1.807) is 7.11 Å². The molecule has 0 unspecified atom stereocenters. The van der Waals surface area contributed by atoms with E-state index in [1.807, 2.05) is 18.2 Å². The van der Waals surface area contributed by atoms with Crippen molar-refractivity contribution in [2.75, 3.05) is 20.3 Å². The predicted molar refractivity (Wildman–Crippen MR) is 63.1 cm³/mol. The highest BCUT2D eigenvalue weighted by molar-refractivity contribution is 5.64. The second kappa shape index (κ2) is 6.25. The van der Waals surface area contributed by atoms with Crippen LogP contribution in [0.25, 0.3) is 5.57 Å². The number of hydrogen-bond acceptors (Lipinski definition) is 2. The minimum Gasteiger partial charge on any atom is -0.491 e. The normalized spacial score (nSPS) is 10.0. The van der Waals surface area contributed by atoms with Crippen molar-refractivity contribution >= 4 is 5.57 Å². The van der Waals surface area contributed by atoms with Crippen molar-refractivity contribution in [3.05, 3.63) is 36.4 Å². The molecular weight excluding hydrogens is 188 g/mol. The Morgan fingerprint density at radius 1 is 1.33 bits per heavy atom. The third kappa shape index (κ3) is 3.76. The van der Waals surface area contributed by atoms with Gasteiger partial charge in [-0.2, -0.15) is 0 Å². The predicted octanol–water partition coefficient (Wildman–Crippen LogP) is 3.14. The number of allylic oxidation sites excluding steroid dienone is 1. The van der Waals surface area contributed by atoms with Gasteiger partial charge in [0.05, 0.1) is 6.61 Å². The molecule has 0 fully saturated rings. The molecule has 2 heteroatoms. The summed E-state index contributed by atoms with van der Waals surface area (Å²) in [5.74, 6) is 0.874. The number of methoxy groups -OCH3 is 1. The largest absolute Gasteiger partial charge is 0.491 e. The van der Waals surface area contributed by atoms with Crippen molar-refractivity contribution in [3.8, 4) is 5.75 Å². The quantitative estimate of drug-likeness (QED) is 0.666. The maximum absolute atomic E-state index is 5.52. The fraction of sp³-hybridized carbons (Fsp3) is 0.385. The Bertz CT molecular complexity index is 318. The highest BCUT2D eigenvalue weighted by atomic mass is 16.5. The molecule has 0 aromatic heterocycles. The summed E-state index contributed by atoms with van der Waals surface area (Å²) in [6.45, 7) is 7.29. The highest BCUT2D eigenvalue weighted by Gasteiger charge is 1.99. The molecule has 15 heavy (non-hydrogen) atoms. The molecule has 0 radical (unpaired) electrons. The molecule has 0 heterocycles. The van der Waals surface area contributed by atoms with Gasteiger partial charge < -0.3 is 9.47 Å². The molecule has 0 bridgehead atoms. The molecule has 0 atom stereocenters. The molecule has 0 aliphatic heterocycles. The van der Waals surface area contributed by atoms with Gasteiger partial charge >= 0.3 is 0 Å². The Hall–Kier alpha value is -1.28. The Labute approximate surface area is 91.5 Å². The zero-order valence-corrected chi connectivity index (χ0v) is 9.45. The lowest BCUT2D eigenvalue weighted by Gasteiger charge is -2.08. The molecule has 0 saturated heterocycles. The summed E-state index contributed by atoms with van der Waals surface area (Å²) >= 11 is 0. The van der Waals surface area contributed by atoms with E-state index in [4.69, 9.17) is 9.47 Å². The molecule has 0 aliphatic rings. The van der Waals surface area contributed by atoms with Crippen LogP contribution in [0.15, 0.2) is 30.8 Å². The summed E-state index contributed by atoms with van der Waals surface area (Å²) in [5.41, 5.74) is 2.28. The van der Waals surface area contributed by atoms with Gasteiger partial charge in [-0.05, 0) is 29.7 Å². The first-order valence-electron chi connectivity index (χ1n) is 5.18. The van der Waals surface area contributed by atoms with E-state index in [9.17, 15) is 0 Å². The van der Waals surface area contributed by atoms with E-state index in [0.717, 1.165) is 23.3 Å². The molecule has 0 spiro atoms. The lowest BCUT2D eigenvalue weighted by Crippen LogP contribution is -2.04. The zero-order valence-electron chi connectivity index (χ0n) is 9.45. The molecule has 0 N–H and O–H groups in total. The van der Waals surface area contributed by atoms with E-state index >= 15 is 0 Å². The second-order valence-corrected chi connectivity index (χ2v) is 3.33. The first kappa shape index (κ1) is 11.8. The van der Waals surface area contributed by atoms with Crippen LogP contribution in [0, 0.1) is 0 Å². The molecule has 1 aromatic rings. The minimum absolute atomic E-state index is 0.582. The van der Waals surface area contributed by atoms with Crippen molar-refractivity contribution in [1.29, 1.82) is 0 Å². The van der Waals surface area contributed by atoms with Gasteiger partial charge in [0.15, 0.2) is 0 Å². The standard InChI is InChI=1S/C13H18O2/c1-4-11(2)12-6-5-7-13(10-12)15-9-8-14-3/h5-7,10H,2,4,8-9H2,1,3H3. The summed E-state index contributed by atoms with van der Waals surface area (Å²) in [5, 5.41) is 0. The summed E-state index contributed by atoms with van der Waals surface area (Å²) in [7, 11) is 1.67. The first-order chi connectivity index (χ1) is 7.27. The van der Waals surface area contributed by atoms with Gasteiger partial charge in [-0.15, -0.1) is 0 Å². The number of benzene rings is 1. The maximum Gasteiger partial charge on any atom is 0.120 e. The lowest BCUT2D eigenvalue weighted by atomic mass is 10.1. The Balaban J connectivity index is 2.62. The highest BCUT2D eigenvalue weighted by Crippen LogP contribution is 2.20. The fourth-order valence-corrected chi connectivity index (χ4v) is 1.25. The molecule has 0 saturated carbocycles. The van der Waals surface area contributed by atoms with Crippen molar-refractivity contribution in [2.24, 2.45) is 0 Å². The smallest absolute Gasteiger partial charge is 0.120 e. The summed E-state index contributed by atoms with van der Waals surface area (Å²) in [6, 6.07) is 8.00. The van der Waals surface area contributed by atoms with Crippen LogP contribution in [0.5, 0.6) is 5.75 Å². The zero-order chi connectivity index (χ0) is 11.1. The summed E-state index contributed by atoms with van der Waals surface area (Å²) in [4.78, 5) is 0. The van der Waals surface area contributed by atoms with Crippen LogP contribution in [-0.4, -0.2) is 20.3 Å². The Kier molecular flexibility index (Phi) is 4.91. The number of hydrogen-bond donors (Lipinski definition) is 0. The van der Waals surface area contributed by atoms with Crippen LogP contribution in [-0.2, 0) is 4.74 Å². The fourth-order valence-electron chi connectivity index (χ4n) is 1.25. The summed E-state index contributed by atoms with van der Waals surface area (Å²) < 4.78 is 10.4. The molecular formula is C13H18O2. The third-order valence-corrected chi connectivity index (χ3v) is 2.23.